The van der Waals surface area contributed by atoms with E-state index in [1.807, 2.05) is 18.2 Å². The smallest absolute Gasteiger partial charge is 0.414 e. The number of aliphatic carboxylic acids is 2. The van der Waals surface area contributed by atoms with E-state index in [1.54, 1.807) is 0 Å². The van der Waals surface area contributed by atoms with E-state index in [0.29, 0.717) is 0 Å². The van der Waals surface area contributed by atoms with Crippen LogP contribution in [0.25, 0.3) is 10.8 Å². The average Bonchev–Trinajstić information content (AvgIpc) is 2.72. The zero-order valence-corrected chi connectivity index (χ0v) is 15.4. The normalized spacial score (nSPS) is 10.0. The van der Waals surface area contributed by atoms with E-state index in [0.717, 1.165) is 31.9 Å². The van der Waals surface area contributed by atoms with Crippen molar-refractivity contribution in [2.45, 2.75) is 13.0 Å². The van der Waals surface area contributed by atoms with Crippen molar-refractivity contribution < 1.29 is 24.5 Å². The van der Waals surface area contributed by atoms with Gasteiger partial charge in [0.25, 0.3) is 0 Å². The van der Waals surface area contributed by atoms with Crippen molar-refractivity contribution in [2.75, 3.05) is 13.2 Å². The van der Waals surface area contributed by atoms with Crippen LogP contribution >= 0.6 is 0 Å². The lowest BCUT2D eigenvalue weighted by atomic mass is 10.1. The van der Waals surface area contributed by atoms with Gasteiger partial charge in [-0.05, 0) is 30.0 Å². The maximum Gasteiger partial charge on any atom is 0.414 e. The number of ether oxygens (including phenoxy) is 1. The molecule has 0 amide bonds. The van der Waals surface area contributed by atoms with Crippen molar-refractivity contribution >= 4 is 22.7 Å². The Morgan fingerprint density at radius 1 is 0.821 bits per heavy atom. The van der Waals surface area contributed by atoms with Crippen molar-refractivity contribution in [3.63, 3.8) is 0 Å². The molecule has 0 unspecified atom stereocenters. The second-order valence-corrected chi connectivity index (χ2v) is 5.95. The molecule has 0 atom stereocenters. The predicted octanol–water partition coefficient (Wildman–Crippen LogP) is 3.55. The molecule has 28 heavy (non-hydrogen) atoms. The number of carbonyl (C=O) groups is 2. The molecule has 6 nitrogen and oxygen atoms in total. The Bertz CT molecular complexity index is 878. The number of benzene rings is 3. The SMILES string of the molecule is O=C(O)C(=O)O.c1ccc(CNCCCOc2cccc3ccccc23)cc1. The standard InChI is InChI=1S/C20H21NO.C2H2O4/c1-2-8-17(9-3-1)16-21-14-7-15-22-20-13-6-11-18-10-4-5-12-19(18)20;3-1(4)2(5)6/h1-6,8-13,21H,7,14-16H2;(H,3,4)(H,5,6). The largest absolute Gasteiger partial charge is 0.493 e. The monoisotopic (exact) mass is 381 g/mol. The molecule has 0 spiro atoms. The number of hydrogen-bond acceptors (Lipinski definition) is 4. The first-order valence-electron chi connectivity index (χ1n) is 8.89. The van der Waals surface area contributed by atoms with Crippen LogP contribution in [0, 0.1) is 0 Å². The van der Waals surface area contributed by atoms with Crippen LogP contribution in [0.5, 0.6) is 5.75 Å². The van der Waals surface area contributed by atoms with Gasteiger partial charge in [0.2, 0.25) is 0 Å². The molecular formula is C22H23NO5. The summed E-state index contributed by atoms with van der Waals surface area (Å²) in [6.07, 6.45) is 0.996. The van der Waals surface area contributed by atoms with Crippen molar-refractivity contribution in [1.82, 2.24) is 5.32 Å². The van der Waals surface area contributed by atoms with Gasteiger partial charge in [0, 0.05) is 11.9 Å². The minimum atomic E-state index is -1.82. The Kier molecular flexibility index (Phi) is 8.49. The zero-order valence-electron chi connectivity index (χ0n) is 15.4. The number of carboxylic acid groups (broad SMARTS) is 2. The quantitative estimate of drug-likeness (QED) is 0.428. The van der Waals surface area contributed by atoms with Crippen LogP contribution in [-0.4, -0.2) is 35.3 Å². The first-order valence-corrected chi connectivity index (χ1v) is 8.89. The first kappa shape index (κ1) is 20.9. The van der Waals surface area contributed by atoms with Crippen molar-refractivity contribution in [3.05, 3.63) is 78.4 Å². The van der Waals surface area contributed by atoms with Crippen LogP contribution in [0.4, 0.5) is 0 Å². The van der Waals surface area contributed by atoms with Gasteiger partial charge in [-0.15, -0.1) is 0 Å². The molecule has 3 N–H and O–H groups in total. The number of rotatable bonds is 7. The summed E-state index contributed by atoms with van der Waals surface area (Å²) in [4.78, 5) is 18.2. The Morgan fingerprint density at radius 3 is 2.18 bits per heavy atom. The number of fused-ring (bicyclic) bond motifs is 1. The van der Waals surface area contributed by atoms with E-state index < -0.39 is 11.9 Å². The molecule has 3 aromatic rings. The number of carboxylic acids is 2. The fourth-order valence-electron chi connectivity index (χ4n) is 2.53. The molecule has 3 aromatic carbocycles. The topological polar surface area (TPSA) is 95.9 Å². The van der Waals surface area contributed by atoms with Crippen LogP contribution in [0.1, 0.15) is 12.0 Å². The molecule has 0 heterocycles. The second kappa shape index (κ2) is 11.4. The molecule has 0 aliphatic carbocycles. The molecule has 0 fully saturated rings. The minimum absolute atomic E-state index is 0.732. The van der Waals surface area contributed by atoms with Gasteiger partial charge >= 0.3 is 11.9 Å². The Hall–Kier alpha value is -3.38. The minimum Gasteiger partial charge on any atom is -0.493 e. The first-order chi connectivity index (χ1) is 13.6. The van der Waals surface area contributed by atoms with E-state index in [9.17, 15) is 0 Å². The number of nitrogens with one attached hydrogen (secondary N) is 1. The Balaban J connectivity index is 0.000000409. The fraction of sp³-hybridized carbons (Fsp3) is 0.182. The van der Waals surface area contributed by atoms with E-state index in [-0.39, 0.29) is 0 Å². The number of hydrogen-bond donors (Lipinski definition) is 3. The molecule has 0 radical (unpaired) electrons. The summed E-state index contributed by atoms with van der Waals surface area (Å²) in [5.41, 5.74) is 1.32. The lowest BCUT2D eigenvalue weighted by molar-refractivity contribution is -0.159. The second-order valence-electron chi connectivity index (χ2n) is 5.95. The highest BCUT2D eigenvalue weighted by Crippen LogP contribution is 2.25. The summed E-state index contributed by atoms with van der Waals surface area (Å²) >= 11 is 0. The van der Waals surface area contributed by atoms with Gasteiger partial charge in [-0.1, -0.05) is 66.7 Å². The molecule has 0 aromatic heterocycles. The Morgan fingerprint density at radius 2 is 1.46 bits per heavy atom. The summed E-state index contributed by atoms with van der Waals surface area (Å²) in [5.74, 6) is -2.67. The van der Waals surface area contributed by atoms with E-state index in [2.05, 4.69) is 59.9 Å². The van der Waals surface area contributed by atoms with E-state index in [4.69, 9.17) is 24.5 Å². The summed E-state index contributed by atoms with van der Waals surface area (Å²) < 4.78 is 5.93. The van der Waals surface area contributed by atoms with Gasteiger partial charge in [-0.3, -0.25) is 0 Å². The van der Waals surface area contributed by atoms with Gasteiger partial charge in [-0.25, -0.2) is 9.59 Å². The van der Waals surface area contributed by atoms with E-state index in [1.165, 1.54) is 16.3 Å². The summed E-state index contributed by atoms with van der Waals surface area (Å²) in [7, 11) is 0. The summed E-state index contributed by atoms with van der Waals surface area (Å²) in [5, 5.41) is 20.6. The molecule has 0 aliphatic heterocycles. The predicted molar refractivity (Wildman–Crippen MR) is 107 cm³/mol. The molecule has 6 heteroatoms. The zero-order chi connectivity index (χ0) is 20.2. The van der Waals surface area contributed by atoms with Crippen molar-refractivity contribution in [1.29, 1.82) is 0 Å². The van der Waals surface area contributed by atoms with Crippen LogP contribution in [0.3, 0.4) is 0 Å². The maximum atomic E-state index is 9.10. The highest BCUT2D eigenvalue weighted by Gasteiger charge is 2.04. The average molecular weight is 381 g/mol. The highest BCUT2D eigenvalue weighted by atomic mass is 16.5. The third kappa shape index (κ3) is 7.09. The van der Waals surface area contributed by atoms with Gasteiger partial charge in [0.05, 0.1) is 6.61 Å². The van der Waals surface area contributed by atoms with Crippen molar-refractivity contribution in [2.24, 2.45) is 0 Å². The molecule has 0 aliphatic rings. The van der Waals surface area contributed by atoms with Gasteiger partial charge < -0.3 is 20.3 Å². The lowest BCUT2D eigenvalue weighted by Gasteiger charge is -2.10. The third-order valence-corrected chi connectivity index (χ3v) is 3.86. The third-order valence-electron chi connectivity index (χ3n) is 3.86. The van der Waals surface area contributed by atoms with Gasteiger partial charge in [-0.2, -0.15) is 0 Å². The summed E-state index contributed by atoms with van der Waals surface area (Å²) in [6, 6.07) is 25.0. The van der Waals surface area contributed by atoms with Crippen LogP contribution in [-0.2, 0) is 16.1 Å². The van der Waals surface area contributed by atoms with E-state index >= 15 is 0 Å². The molecular weight excluding hydrogens is 358 g/mol. The highest BCUT2D eigenvalue weighted by molar-refractivity contribution is 6.27. The van der Waals surface area contributed by atoms with Gasteiger partial charge in [0.1, 0.15) is 5.75 Å². The molecule has 0 saturated carbocycles. The van der Waals surface area contributed by atoms with Gasteiger partial charge in [0.15, 0.2) is 0 Å². The molecule has 0 bridgehead atoms. The maximum absolute atomic E-state index is 9.10. The summed E-state index contributed by atoms with van der Waals surface area (Å²) in [6.45, 7) is 2.60. The molecule has 146 valence electrons. The molecule has 3 rings (SSSR count). The van der Waals surface area contributed by atoms with Crippen LogP contribution in [0.2, 0.25) is 0 Å². The van der Waals surface area contributed by atoms with Crippen molar-refractivity contribution in [3.8, 4) is 5.75 Å². The van der Waals surface area contributed by atoms with Crippen LogP contribution in [0.15, 0.2) is 72.8 Å². The molecule has 0 saturated heterocycles. The lowest BCUT2D eigenvalue weighted by Crippen LogP contribution is -2.16. The fourth-order valence-corrected chi connectivity index (χ4v) is 2.53. The Labute approximate surface area is 163 Å². The van der Waals surface area contributed by atoms with Crippen LogP contribution < -0.4 is 10.1 Å².